The van der Waals surface area contributed by atoms with Gasteiger partial charge in [-0.25, -0.2) is 0 Å². The molecule has 0 aromatic rings. The molecule has 1 rings (SSSR count). The van der Waals surface area contributed by atoms with Gasteiger partial charge in [-0.05, 0) is 5.92 Å². The third kappa shape index (κ3) is 8.00. The van der Waals surface area contributed by atoms with E-state index in [0.717, 1.165) is 5.92 Å². The molecule has 0 amide bonds. The van der Waals surface area contributed by atoms with Crippen molar-refractivity contribution in [2.45, 2.75) is 52.9 Å². The van der Waals surface area contributed by atoms with Crippen molar-refractivity contribution in [2.75, 3.05) is 0 Å². The fourth-order valence-electron chi connectivity index (χ4n) is 0.250. The molecule has 56 valence electrons. The van der Waals surface area contributed by atoms with E-state index in [0.29, 0.717) is 0 Å². The second kappa shape index (κ2) is 6.12. The first-order chi connectivity index (χ1) is 4.27. The van der Waals surface area contributed by atoms with Crippen LogP contribution in [0.3, 0.4) is 0 Å². The van der Waals surface area contributed by atoms with Gasteiger partial charge in [0.1, 0.15) is 0 Å². The summed E-state index contributed by atoms with van der Waals surface area (Å²) in [5, 5.41) is 0. The van der Waals surface area contributed by atoms with Gasteiger partial charge in [0, 0.05) is 0 Å². The van der Waals surface area contributed by atoms with Gasteiger partial charge < -0.3 is 0 Å². The summed E-state index contributed by atoms with van der Waals surface area (Å²) in [5.41, 5.74) is 0. The van der Waals surface area contributed by atoms with Gasteiger partial charge in [-0.2, -0.15) is 0 Å². The Morgan fingerprint density at radius 3 is 1.22 bits per heavy atom. The molecular formula is C9H20. The van der Waals surface area contributed by atoms with Gasteiger partial charge in [-0.3, -0.25) is 0 Å². The Kier molecular flexibility index (Phi) is 6.12. The highest BCUT2D eigenvalue weighted by Crippen LogP contribution is 2.15. The van der Waals surface area contributed by atoms with Crippen molar-refractivity contribution >= 4 is 0 Å². The normalized spacial score (nSPS) is 16.0. The summed E-state index contributed by atoms with van der Waals surface area (Å²) in [5.74, 6) is 0.884. The first-order valence-corrected chi connectivity index (χ1v) is 4.27. The minimum absolute atomic E-state index is 0.884. The first kappa shape index (κ1) is 9.00. The zero-order chi connectivity index (χ0) is 7.11. The van der Waals surface area contributed by atoms with E-state index in [1.54, 1.807) is 0 Å². The molecule has 0 saturated heterocycles. The van der Waals surface area contributed by atoms with E-state index in [1.165, 1.54) is 32.1 Å². The van der Waals surface area contributed by atoms with Gasteiger partial charge in [-0.1, -0.05) is 52.9 Å². The van der Waals surface area contributed by atoms with Crippen LogP contribution in [0.4, 0.5) is 0 Å². The molecule has 1 aliphatic carbocycles. The number of hydrogen-bond donors (Lipinski definition) is 0. The maximum absolute atomic E-state index is 2.22. The van der Waals surface area contributed by atoms with Crippen molar-refractivity contribution in [3.05, 3.63) is 0 Å². The molecule has 0 atom stereocenters. The fourth-order valence-corrected chi connectivity index (χ4v) is 0.250. The first-order valence-electron chi connectivity index (χ1n) is 4.27. The second-order valence-electron chi connectivity index (χ2n) is 3.22. The maximum atomic E-state index is 2.22. The highest BCUT2D eigenvalue weighted by Gasteiger charge is 1.95. The molecule has 0 nitrogen and oxygen atoms in total. The van der Waals surface area contributed by atoms with Gasteiger partial charge in [0.15, 0.2) is 0 Å². The molecule has 0 heterocycles. The summed E-state index contributed by atoms with van der Waals surface area (Å²) in [4.78, 5) is 0. The van der Waals surface area contributed by atoms with Crippen LogP contribution in [0.15, 0.2) is 0 Å². The van der Waals surface area contributed by atoms with Crippen molar-refractivity contribution in [3.8, 4) is 0 Å². The molecule has 0 aromatic carbocycles. The molecule has 0 N–H and O–H groups in total. The molecule has 1 fully saturated rings. The van der Waals surface area contributed by atoms with Crippen LogP contribution in [0, 0.1) is 5.92 Å². The summed E-state index contributed by atoms with van der Waals surface area (Å²) in [6.45, 7) is 6.64. The lowest BCUT2D eigenvalue weighted by Gasteiger charge is -2.05. The third-order valence-electron chi connectivity index (χ3n) is 1.82. The predicted molar refractivity (Wildman–Crippen MR) is 43.6 cm³/mol. The molecule has 1 aliphatic rings. The van der Waals surface area contributed by atoms with Crippen LogP contribution in [0.5, 0.6) is 0 Å². The Hall–Kier alpha value is 0. The van der Waals surface area contributed by atoms with Gasteiger partial charge >= 0.3 is 0 Å². The Labute approximate surface area is 59.7 Å². The van der Waals surface area contributed by atoms with E-state index in [4.69, 9.17) is 0 Å². The third-order valence-corrected chi connectivity index (χ3v) is 1.82. The SMILES string of the molecule is C1CCC1.CCC(C)C. The highest BCUT2D eigenvalue weighted by atomic mass is 14.0. The van der Waals surface area contributed by atoms with Crippen molar-refractivity contribution < 1.29 is 0 Å². The molecule has 0 heteroatoms. The molecule has 0 unspecified atom stereocenters. The Balaban J connectivity index is 0.000000144. The lowest BCUT2D eigenvalue weighted by molar-refractivity contribution is 0.504. The molecule has 0 aliphatic heterocycles. The predicted octanol–water partition coefficient (Wildman–Crippen LogP) is 3.61. The summed E-state index contributed by atoms with van der Waals surface area (Å²) < 4.78 is 0. The zero-order valence-corrected chi connectivity index (χ0v) is 7.11. The highest BCUT2D eigenvalue weighted by molar-refractivity contribution is 4.50. The molecule has 9 heavy (non-hydrogen) atoms. The average molecular weight is 128 g/mol. The Morgan fingerprint density at radius 2 is 1.22 bits per heavy atom. The van der Waals surface area contributed by atoms with Crippen molar-refractivity contribution in [3.63, 3.8) is 0 Å². The lowest BCUT2D eigenvalue weighted by Crippen LogP contribution is -1.85. The number of hydrogen-bond acceptors (Lipinski definition) is 0. The van der Waals surface area contributed by atoms with Crippen LogP contribution in [0.2, 0.25) is 0 Å². The van der Waals surface area contributed by atoms with E-state index < -0.39 is 0 Å². The monoisotopic (exact) mass is 128 g/mol. The average Bonchev–Trinajstić information content (AvgIpc) is 1.61. The molecular weight excluding hydrogens is 108 g/mol. The topological polar surface area (TPSA) is 0 Å². The number of rotatable bonds is 1. The summed E-state index contributed by atoms with van der Waals surface area (Å²) in [6, 6.07) is 0. The minimum Gasteiger partial charge on any atom is -0.0651 e. The molecule has 0 spiro atoms. The van der Waals surface area contributed by atoms with Crippen molar-refractivity contribution in [1.29, 1.82) is 0 Å². The van der Waals surface area contributed by atoms with Crippen LogP contribution in [-0.2, 0) is 0 Å². The van der Waals surface area contributed by atoms with Crippen LogP contribution in [0.1, 0.15) is 52.9 Å². The van der Waals surface area contributed by atoms with E-state index in [-0.39, 0.29) is 0 Å². The fraction of sp³-hybridized carbons (Fsp3) is 1.00. The largest absolute Gasteiger partial charge is 0.0651 e. The van der Waals surface area contributed by atoms with Crippen molar-refractivity contribution in [1.82, 2.24) is 0 Å². The van der Waals surface area contributed by atoms with E-state index in [2.05, 4.69) is 20.8 Å². The van der Waals surface area contributed by atoms with Gasteiger partial charge in [0.2, 0.25) is 0 Å². The summed E-state index contributed by atoms with van der Waals surface area (Å²) in [7, 11) is 0. The minimum atomic E-state index is 0.884. The van der Waals surface area contributed by atoms with E-state index in [1.807, 2.05) is 0 Å². The molecule has 0 bridgehead atoms. The van der Waals surface area contributed by atoms with Gasteiger partial charge in [0.25, 0.3) is 0 Å². The quantitative estimate of drug-likeness (QED) is 0.506. The van der Waals surface area contributed by atoms with Crippen LogP contribution < -0.4 is 0 Å². The molecule has 0 radical (unpaired) electrons. The molecule has 1 saturated carbocycles. The lowest BCUT2D eigenvalue weighted by atomic mass is 10.0. The Morgan fingerprint density at radius 1 is 1.00 bits per heavy atom. The van der Waals surface area contributed by atoms with Gasteiger partial charge in [-0.15, -0.1) is 0 Å². The summed E-state index contributed by atoms with van der Waals surface area (Å²) >= 11 is 0. The second-order valence-corrected chi connectivity index (χ2v) is 3.22. The van der Waals surface area contributed by atoms with E-state index >= 15 is 0 Å². The maximum Gasteiger partial charge on any atom is -0.0474 e. The zero-order valence-electron chi connectivity index (χ0n) is 7.11. The molecule has 0 aromatic heterocycles. The van der Waals surface area contributed by atoms with Crippen LogP contribution >= 0.6 is 0 Å². The van der Waals surface area contributed by atoms with Crippen LogP contribution in [-0.4, -0.2) is 0 Å². The van der Waals surface area contributed by atoms with Crippen LogP contribution in [0.25, 0.3) is 0 Å². The Bertz CT molecular complexity index is 38.0. The summed E-state index contributed by atoms with van der Waals surface area (Å²) in [6.07, 6.45) is 7.31. The van der Waals surface area contributed by atoms with Crippen molar-refractivity contribution in [2.24, 2.45) is 5.92 Å². The van der Waals surface area contributed by atoms with Gasteiger partial charge in [0.05, 0.1) is 0 Å². The smallest absolute Gasteiger partial charge is 0.0474 e. The standard InChI is InChI=1S/C5H12.C4H8/c1-4-5(2)3;1-2-4-3-1/h5H,4H2,1-3H3;1-4H2. The van der Waals surface area contributed by atoms with E-state index in [9.17, 15) is 0 Å².